The fraction of sp³-hybridized carbons (Fsp3) is 0.615. The van der Waals surface area contributed by atoms with E-state index in [4.69, 9.17) is 5.11 Å². The predicted octanol–water partition coefficient (Wildman–Crippen LogP) is 2.34. The summed E-state index contributed by atoms with van der Waals surface area (Å²) >= 11 is 0. The third kappa shape index (κ3) is 4.69. The van der Waals surface area contributed by atoms with Gasteiger partial charge in [0.05, 0.1) is 6.42 Å². The number of aliphatic carboxylic acids is 1. The van der Waals surface area contributed by atoms with Gasteiger partial charge in [-0.3, -0.25) is 4.79 Å². The molecule has 0 radical (unpaired) electrons. The van der Waals surface area contributed by atoms with Crippen LogP contribution in [-0.4, -0.2) is 27.1 Å². The van der Waals surface area contributed by atoms with Crippen molar-refractivity contribution in [2.45, 2.75) is 46.1 Å². The van der Waals surface area contributed by atoms with Crippen molar-refractivity contribution in [2.75, 3.05) is 5.32 Å². The number of carboxylic acid groups (broad SMARTS) is 1. The van der Waals surface area contributed by atoms with Crippen molar-refractivity contribution in [1.82, 2.24) is 9.97 Å². The van der Waals surface area contributed by atoms with E-state index in [2.05, 4.69) is 22.2 Å². The van der Waals surface area contributed by atoms with Crippen LogP contribution in [0.5, 0.6) is 0 Å². The van der Waals surface area contributed by atoms with E-state index in [0.717, 1.165) is 18.5 Å². The Kier molecular flexibility index (Phi) is 5.55. The first-order valence-electron chi connectivity index (χ1n) is 6.32. The fourth-order valence-corrected chi connectivity index (χ4v) is 1.70. The maximum atomic E-state index is 10.8. The maximum Gasteiger partial charge on any atom is 0.305 e. The van der Waals surface area contributed by atoms with E-state index < -0.39 is 5.97 Å². The van der Waals surface area contributed by atoms with Gasteiger partial charge in [-0.15, -0.1) is 0 Å². The SMILES string of the molecule is CCCc1cc(NC(CC(=O)O)C(C)C)ncn1. The first-order valence-corrected chi connectivity index (χ1v) is 6.32. The third-order valence-corrected chi connectivity index (χ3v) is 2.76. The van der Waals surface area contributed by atoms with Crippen LogP contribution in [0.25, 0.3) is 0 Å². The summed E-state index contributed by atoms with van der Waals surface area (Å²) in [7, 11) is 0. The van der Waals surface area contributed by atoms with Gasteiger partial charge >= 0.3 is 5.97 Å². The molecule has 0 amide bonds. The predicted molar refractivity (Wildman–Crippen MR) is 70.5 cm³/mol. The molecule has 0 saturated heterocycles. The Morgan fingerprint density at radius 1 is 1.44 bits per heavy atom. The number of carbonyl (C=O) groups is 1. The standard InChI is InChI=1S/C13H21N3O2/c1-4-5-10-6-12(15-8-14-10)16-11(9(2)3)7-13(17)18/h6,8-9,11H,4-5,7H2,1-3H3,(H,17,18)(H,14,15,16). The Balaban J connectivity index is 2.73. The van der Waals surface area contributed by atoms with Crippen LogP contribution < -0.4 is 5.32 Å². The summed E-state index contributed by atoms with van der Waals surface area (Å²) in [6.07, 6.45) is 3.54. The molecule has 1 aromatic rings. The number of anilines is 1. The average molecular weight is 251 g/mol. The van der Waals surface area contributed by atoms with E-state index in [1.54, 1.807) is 0 Å². The number of hydrogen-bond acceptors (Lipinski definition) is 4. The summed E-state index contributed by atoms with van der Waals surface area (Å²) in [5.74, 6) is 0.128. The van der Waals surface area contributed by atoms with Crippen LogP contribution in [0.4, 0.5) is 5.82 Å². The monoisotopic (exact) mass is 251 g/mol. The lowest BCUT2D eigenvalue weighted by Gasteiger charge is -2.21. The van der Waals surface area contributed by atoms with Crippen molar-refractivity contribution < 1.29 is 9.90 Å². The topological polar surface area (TPSA) is 75.1 Å². The van der Waals surface area contributed by atoms with Crippen molar-refractivity contribution in [3.05, 3.63) is 18.1 Å². The van der Waals surface area contributed by atoms with Crippen LogP contribution >= 0.6 is 0 Å². The van der Waals surface area contributed by atoms with Gasteiger partial charge in [0.1, 0.15) is 12.1 Å². The summed E-state index contributed by atoms with van der Waals surface area (Å²) in [5, 5.41) is 12.1. The molecule has 18 heavy (non-hydrogen) atoms. The maximum absolute atomic E-state index is 10.8. The van der Waals surface area contributed by atoms with Crippen molar-refractivity contribution in [3.63, 3.8) is 0 Å². The van der Waals surface area contributed by atoms with Gasteiger partial charge in [-0.05, 0) is 12.3 Å². The summed E-state index contributed by atoms with van der Waals surface area (Å²) in [4.78, 5) is 19.1. The molecule has 0 aliphatic carbocycles. The molecule has 0 spiro atoms. The van der Waals surface area contributed by atoms with Crippen molar-refractivity contribution in [2.24, 2.45) is 5.92 Å². The van der Waals surface area contributed by atoms with Gasteiger partial charge in [0.15, 0.2) is 0 Å². The molecule has 0 aliphatic heterocycles. The zero-order valence-corrected chi connectivity index (χ0v) is 11.2. The number of aryl methyl sites for hydroxylation is 1. The molecule has 0 aromatic carbocycles. The molecule has 0 bridgehead atoms. The Morgan fingerprint density at radius 3 is 2.72 bits per heavy atom. The van der Waals surface area contributed by atoms with E-state index in [0.29, 0.717) is 5.82 Å². The van der Waals surface area contributed by atoms with Gasteiger partial charge in [-0.25, -0.2) is 9.97 Å². The van der Waals surface area contributed by atoms with E-state index in [-0.39, 0.29) is 18.4 Å². The van der Waals surface area contributed by atoms with Crippen LogP contribution in [0.1, 0.15) is 39.3 Å². The highest BCUT2D eigenvalue weighted by Gasteiger charge is 2.17. The molecule has 0 saturated carbocycles. The normalized spacial score (nSPS) is 12.4. The van der Waals surface area contributed by atoms with E-state index in [1.807, 2.05) is 19.9 Å². The first-order chi connectivity index (χ1) is 8.52. The van der Waals surface area contributed by atoms with Crippen LogP contribution in [-0.2, 0) is 11.2 Å². The van der Waals surface area contributed by atoms with Gasteiger partial charge < -0.3 is 10.4 Å². The molecule has 1 atom stereocenters. The van der Waals surface area contributed by atoms with Crippen molar-refractivity contribution >= 4 is 11.8 Å². The molecule has 1 rings (SSSR count). The number of carboxylic acids is 1. The molecule has 100 valence electrons. The summed E-state index contributed by atoms with van der Waals surface area (Å²) in [6, 6.07) is 1.77. The summed E-state index contributed by atoms with van der Waals surface area (Å²) in [6.45, 7) is 6.08. The second-order valence-electron chi connectivity index (χ2n) is 4.74. The molecule has 5 heteroatoms. The summed E-state index contributed by atoms with van der Waals surface area (Å²) in [5.41, 5.74) is 0.979. The molecule has 0 fully saturated rings. The Hall–Kier alpha value is -1.65. The van der Waals surface area contributed by atoms with Gasteiger partial charge in [-0.2, -0.15) is 0 Å². The summed E-state index contributed by atoms with van der Waals surface area (Å²) < 4.78 is 0. The number of rotatable bonds is 7. The number of aromatic nitrogens is 2. The highest BCUT2D eigenvalue weighted by Crippen LogP contribution is 2.14. The Labute approximate surface area is 108 Å². The quantitative estimate of drug-likeness (QED) is 0.778. The number of nitrogens with one attached hydrogen (secondary N) is 1. The third-order valence-electron chi connectivity index (χ3n) is 2.76. The molecule has 0 aliphatic rings. The molecule has 1 aromatic heterocycles. The van der Waals surface area contributed by atoms with E-state index in [1.165, 1.54) is 6.33 Å². The van der Waals surface area contributed by atoms with Crippen LogP contribution in [0, 0.1) is 5.92 Å². The molecule has 1 unspecified atom stereocenters. The second-order valence-corrected chi connectivity index (χ2v) is 4.74. The smallest absolute Gasteiger partial charge is 0.305 e. The minimum Gasteiger partial charge on any atom is -0.481 e. The Bertz CT molecular complexity index is 394. The molecular weight excluding hydrogens is 230 g/mol. The zero-order chi connectivity index (χ0) is 13.5. The van der Waals surface area contributed by atoms with Gasteiger partial charge in [-0.1, -0.05) is 27.2 Å². The van der Waals surface area contributed by atoms with Gasteiger partial charge in [0, 0.05) is 17.8 Å². The molecule has 2 N–H and O–H groups in total. The van der Waals surface area contributed by atoms with Crippen LogP contribution in [0.2, 0.25) is 0 Å². The zero-order valence-electron chi connectivity index (χ0n) is 11.2. The lowest BCUT2D eigenvalue weighted by molar-refractivity contribution is -0.137. The fourth-order valence-electron chi connectivity index (χ4n) is 1.70. The molecule has 1 heterocycles. The highest BCUT2D eigenvalue weighted by atomic mass is 16.4. The van der Waals surface area contributed by atoms with Crippen molar-refractivity contribution in [1.29, 1.82) is 0 Å². The first kappa shape index (κ1) is 14.4. The minimum atomic E-state index is -0.802. The molecular formula is C13H21N3O2. The van der Waals surface area contributed by atoms with Gasteiger partial charge in [0.25, 0.3) is 0 Å². The van der Waals surface area contributed by atoms with Crippen molar-refractivity contribution in [3.8, 4) is 0 Å². The average Bonchev–Trinajstić information content (AvgIpc) is 2.28. The second kappa shape index (κ2) is 6.93. The van der Waals surface area contributed by atoms with E-state index in [9.17, 15) is 4.79 Å². The number of hydrogen-bond donors (Lipinski definition) is 2. The lowest BCUT2D eigenvalue weighted by atomic mass is 10.0. The van der Waals surface area contributed by atoms with Crippen LogP contribution in [0.15, 0.2) is 12.4 Å². The Morgan fingerprint density at radius 2 is 2.17 bits per heavy atom. The largest absolute Gasteiger partial charge is 0.481 e. The van der Waals surface area contributed by atoms with Gasteiger partial charge in [0.2, 0.25) is 0 Å². The number of nitrogens with zero attached hydrogens (tertiary/aromatic N) is 2. The van der Waals surface area contributed by atoms with E-state index >= 15 is 0 Å². The molecule has 5 nitrogen and oxygen atoms in total. The lowest BCUT2D eigenvalue weighted by Crippen LogP contribution is -2.29. The minimum absolute atomic E-state index is 0.0881. The van der Waals surface area contributed by atoms with Crippen LogP contribution in [0.3, 0.4) is 0 Å². The highest BCUT2D eigenvalue weighted by molar-refractivity contribution is 5.68.